The highest BCUT2D eigenvalue weighted by atomic mass is 19.4. The Labute approximate surface area is 227 Å². The quantitative estimate of drug-likeness (QED) is 0.280. The second-order valence-electron chi connectivity index (χ2n) is 9.22. The van der Waals surface area contributed by atoms with E-state index in [9.17, 15) is 32.4 Å². The predicted molar refractivity (Wildman–Crippen MR) is 139 cm³/mol. The predicted octanol–water partition coefficient (Wildman–Crippen LogP) is 5.17. The van der Waals surface area contributed by atoms with Crippen LogP contribution >= 0.6 is 0 Å². The molecule has 0 aliphatic carbocycles. The third kappa shape index (κ3) is 5.45. The Morgan fingerprint density at radius 1 is 1.15 bits per heavy atom. The van der Waals surface area contributed by atoms with Gasteiger partial charge in [0.1, 0.15) is 17.2 Å². The molecule has 4 aromatic rings. The average molecular weight is 555 g/mol. The van der Waals surface area contributed by atoms with Crippen molar-refractivity contribution >= 4 is 16.9 Å². The van der Waals surface area contributed by atoms with E-state index in [0.29, 0.717) is 41.9 Å². The number of carbonyl (C=O) groups excluding carboxylic acids is 1. The topological polar surface area (TPSA) is 96.8 Å². The van der Waals surface area contributed by atoms with Crippen molar-refractivity contribution in [3.8, 4) is 11.8 Å². The first kappa shape index (κ1) is 28.5. The lowest BCUT2D eigenvalue weighted by Crippen LogP contribution is -2.39. The van der Waals surface area contributed by atoms with Crippen LogP contribution in [-0.4, -0.2) is 36.7 Å². The van der Waals surface area contributed by atoms with Crippen LogP contribution in [0, 0.1) is 17.1 Å². The molecule has 4 rings (SSSR count). The van der Waals surface area contributed by atoms with Gasteiger partial charge in [-0.25, -0.2) is 9.37 Å². The molecule has 1 atom stereocenters. The summed E-state index contributed by atoms with van der Waals surface area (Å²) >= 11 is 0. The number of hydrogen-bond acceptors (Lipinski definition) is 5. The molecule has 0 aliphatic rings. The van der Waals surface area contributed by atoms with Crippen LogP contribution in [0.1, 0.15) is 55.7 Å². The van der Waals surface area contributed by atoms with E-state index < -0.39 is 41.5 Å². The number of hydrogen-bond donors (Lipinski definition) is 0. The summed E-state index contributed by atoms with van der Waals surface area (Å²) in [5.74, 6) is -1.71. The zero-order valence-corrected chi connectivity index (χ0v) is 22.0. The number of nitriles is 1. The molecule has 0 N–H and O–H groups in total. The van der Waals surface area contributed by atoms with Crippen LogP contribution in [0.4, 0.5) is 17.6 Å². The molecule has 0 saturated carbocycles. The van der Waals surface area contributed by atoms with E-state index in [1.165, 1.54) is 20.3 Å². The van der Waals surface area contributed by atoms with Crippen molar-refractivity contribution in [3.05, 3.63) is 87.3 Å². The largest absolute Gasteiger partial charge is 0.419 e. The Balaban J connectivity index is 1.81. The maximum Gasteiger partial charge on any atom is 0.419 e. The van der Waals surface area contributed by atoms with Crippen LogP contribution in [0.5, 0.6) is 0 Å². The molecule has 0 aliphatic heterocycles. The number of amides is 1. The summed E-state index contributed by atoms with van der Waals surface area (Å²) in [6.45, 7) is 5.99. The van der Waals surface area contributed by atoms with E-state index >= 15 is 0 Å². The van der Waals surface area contributed by atoms with E-state index in [1.807, 2.05) is 19.9 Å². The molecule has 0 radical (unpaired) electrons. The Kier molecular flexibility index (Phi) is 8.04. The van der Waals surface area contributed by atoms with Crippen molar-refractivity contribution in [3.63, 3.8) is 0 Å². The van der Waals surface area contributed by atoms with E-state index in [0.717, 1.165) is 6.07 Å². The van der Waals surface area contributed by atoms with Crippen molar-refractivity contribution in [1.82, 2.24) is 24.2 Å². The highest BCUT2D eigenvalue weighted by Gasteiger charge is 2.35. The van der Waals surface area contributed by atoms with Gasteiger partial charge in [0, 0.05) is 13.1 Å². The lowest BCUT2D eigenvalue weighted by Gasteiger charge is -2.30. The van der Waals surface area contributed by atoms with Gasteiger partial charge >= 0.3 is 6.18 Å². The van der Waals surface area contributed by atoms with E-state index in [2.05, 4.69) is 5.10 Å². The maximum absolute atomic E-state index is 13.8. The molecule has 2 heterocycles. The van der Waals surface area contributed by atoms with Crippen molar-refractivity contribution in [2.45, 2.75) is 52.4 Å². The number of benzene rings is 2. The van der Waals surface area contributed by atoms with Crippen LogP contribution in [0.3, 0.4) is 0 Å². The first-order valence-electron chi connectivity index (χ1n) is 12.6. The first-order valence-corrected chi connectivity index (χ1v) is 12.6. The molecule has 0 unspecified atom stereocenters. The van der Waals surface area contributed by atoms with Crippen molar-refractivity contribution in [2.24, 2.45) is 0 Å². The van der Waals surface area contributed by atoms with Gasteiger partial charge in [0.2, 0.25) is 5.91 Å². The van der Waals surface area contributed by atoms with Crippen LogP contribution < -0.4 is 5.56 Å². The third-order valence-electron chi connectivity index (χ3n) is 6.56. The standard InChI is InChI=1S/C28H26F4N6O2/c1-4-12-36(24(39)14-19-8-11-22(29)21(13-19)28(30,31)32)17(3)26-35-23-16-34-37(5-2)25(23)27(40)38(26)20-9-6-18(15-33)7-10-20/h6-11,13,16-17H,4-5,12,14H2,1-3H3/t17-/m1/s1. The molecule has 0 saturated heterocycles. The molecular weight excluding hydrogens is 528 g/mol. The van der Waals surface area contributed by atoms with Gasteiger partial charge in [-0.15, -0.1) is 0 Å². The van der Waals surface area contributed by atoms with Gasteiger partial charge in [0.25, 0.3) is 5.56 Å². The second kappa shape index (κ2) is 11.3. The Bertz CT molecular complexity index is 1650. The fraction of sp³-hybridized carbons (Fsp3) is 0.321. The van der Waals surface area contributed by atoms with Gasteiger partial charge in [-0.2, -0.15) is 23.5 Å². The van der Waals surface area contributed by atoms with Gasteiger partial charge in [-0.3, -0.25) is 18.8 Å². The van der Waals surface area contributed by atoms with Gasteiger partial charge in [0.05, 0.1) is 41.5 Å². The summed E-state index contributed by atoms with van der Waals surface area (Å²) in [5, 5.41) is 13.4. The highest BCUT2D eigenvalue weighted by Crippen LogP contribution is 2.32. The molecule has 40 heavy (non-hydrogen) atoms. The summed E-state index contributed by atoms with van der Waals surface area (Å²) in [6.07, 6.45) is -3.34. The molecule has 12 heteroatoms. The molecule has 2 aromatic heterocycles. The fourth-order valence-corrected chi connectivity index (χ4v) is 4.61. The minimum Gasteiger partial charge on any atom is -0.332 e. The normalized spacial score (nSPS) is 12.3. The number of fused-ring (bicyclic) bond motifs is 1. The van der Waals surface area contributed by atoms with E-state index in [4.69, 9.17) is 4.98 Å². The number of alkyl halides is 3. The van der Waals surface area contributed by atoms with Crippen LogP contribution in [0.2, 0.25) is 0 Å². The van der Waals surface area contributed by atoms with Crippen molar-refractivity contribution in [1.29, 1.82) is 5.26 Å². The maximum atomic E-state index is 13.8. The molecule has 0 bridgehead atoms. The van der Waals surface area contributed by atoms with Crippen LogP contribution in [-0.2, 0) is 23.9 Å². The lowest BCUT2D eigenvalue weighted by molar-refractivity contribution is -0.140. The van der Waals surface area contributed by atoms with Gasteiger partial charge < -0.3 is 4.90 Å². The highest BCUT2D eigenvalue weighted by molar-refractivity contribution is 5.79. The number of nitrogens with zero attached hydrogens (tertiary/aromatic N) is 6. The molecule has 2 aromatic carbocycles. The van der Waals surface area contributed by atoms with Crippen LogP contribution in [0.15, 0.2) is 53.5 Å². The second-order valence-corrected chi connectivity index (χ2v) is 9.22. The van der Waals surface area contributed by atoms with E-state index in [1.54, 1.807) is 31.2 Å². The molecule has 1 amide bonds. The average Bonchev–Trinajstić information content (AvgIpc) is 3.35. The molecule has 0 spiro atoms. The Morgan fingerprint density at radius 2 is 1.85 bits per heavy atom. The number of halogens is 4. The summed E-state index contributed by atoms with van der Waals surface area (Å²) in [5.41, 5.74) is -0.460. The SMILES string of the molecule is CCCN(C(=O)Cc1ccc(F)c(C(F)(F)F)c1)[C@H](C)c1nc2cnn(CC)c2c(=O)n1-c1ccc(C#N)cc1. The lowest BCUT2D eigenvalue weighted by atomic mass is 10.1. The Hall–Kier alpha value is -4.53. The number of carbonyl (C=O) groups is 1. The zero-order chi connectivity index (χ0) is 29.2. The van der Waals surface area contributed by atoms with Gasteiger partial charge in [-0.1, -0.05) is 13.0 Å². The molecule has 8 nitrogen and oxygen atoms in total. The van der Waals surface area contributed by atoms with Crippen molar-refractivity contribution < 1.29 is 22.4 Å². The molecule has 0 fully saturated rings. The molecule has 208 valence electrons. The minimum atomic E-state index is -4.90. The summed E-state index contributed by atoms with van der Waals surface area (Å²) < 4.78 is 56.4. The summed E-state index contributed by atoms with van der Waals surface area (Å²) in [4.78, 5) is 33.4. The summed E-state index contributed by atoms with van der Waals surface area (Å²) in [6, 6.07) is 10.0. The Morgan fingerprint density at radius 3 is 2.45 bits per heavy atom. The monoisotopic (exact) mass is 554 g/mol. The van der Waals surface area contributed by atoms with Gasteiger partial charge in [0.15, 0.2) is 5.52 Å². The zero-order valence-electron chi connectivity index (χ0n) is 22.0. The van der Waals surface area contributed by atoms with Crippen LogP contribution in [0.25, 0.3) is 16.7 Å². The number of aromatic nitrogens is 4. The van der Waals surface area contributed by atoms with Gasteiger partial charge in [-0.05, 0) is 62.2 Å². The number of aryl methyl sites for hydroxylation is 1. The number of rotatable bonds is 8. The van der Waals surface area contributed by atoms with Crippen molar-refractivity contribution in [2.75, 3.05) is 6.54 Å². The smallest absolute Gasteiger partial charge is 0.332 e. The third-order valence-corrected chi connectivity index (χ3v) is 6.56. The summed E-state index contributed by atoms with van der Waals surface area (Å²) in [7, 11) is 0. The van der Waals surface area contributed by atoms with E-state index in [-0.39, 0.29) is 23.4 Å². The minimum absolute atomic E-state index is 0.00384. The first-order chi connectivity index (χ1) is 19.0. The fourth-order valence-electron chi connectivity index (χ4n) is 4.61. The molecular formula is C28H26F4N6O2.